The molecule has 0 unspecified atom stereocenters. The molecule has 12 heteroatoms. The number of nitrogens with one attached hydrogen (secondary N) is 1. The van der Waals surface area contributed by atoms with Crippen LogP contribution in [0.1, 0.15) is 15.4 Å². The highest BCUT2D eigenvalue weighted by molar-refractivity contribution is 7.17. The van der Waals surface area contributed by atoms with E-state index in [2.05, 4.69) is 10.3 Å². The van der Waals surface area contributed by atoms with Gasteiger partial charge in [-0.15, -0.1) is 0 Å². The molecule has 0 spiro atoms. The first-order valence-corrected chi connectivity index (χ1v) is 7.78. The van der Waals surface area contributed by atoms with Gasteiger partial charge in [-0.05, 0) is 25.1 Å². The Morgan fingerprint density at radius 3 is 2.28 bits per heavy atom. The third-order valence-electron chi connectivity index (χ3n) is 2.44. The van der Waals surface area contributed by atoms with Gasteiger partial charge in [0.05, 0.1) is 16.4 Å². The van der Waals surface area contributed by atoms with Crippen LogP contribution in [-0.4, -0.2) is 28.1 Å². The van der Waals surface area contributed by atoms with E-state index >= 15 is 0 Å². The maximum absolute atomic E-state index is 12.0. The standard InChI is InChI=1S/C11H9Cl2N3OS.C2HF3O2/c1-5-9(18-11(14)15-5)10(17)16-8-3-2-6(12)4-7(8)13;3-2(4,5)1(6)7/h2-4H,1H3,(H2,14,15)(H,16,17);(H,6,7). The van der Waals surface area contributed by atoms with E-state index in [9.17, 15) is 18.0 Å². The number of aromatic nitrogens is 1. The van der Waals surface area contributed by atoms with Crippen molar-refractivity contribution in [1.82, 2.24) is 4.98 Å². The monoisotopic (exact) mass is 415 g/mol. The van der Waals surface area contributed by atoms with Crippen LogP contribution in [0.4, 0.5) is 24.0 Å². The second-order valence-corrected chi connectivity index (χ2v) is 6.22. The van der Waals surface area contributed by atoms with Crippen molar-refractivity contribution in [3.8, 4) is 0 Å². The molecule has 1 aromatic carbocycles. The number of carboxylic acids is 1. The van der Waals surface area contributed by atoms with Crippen LogP contribution in [0.15, 0.2) is 18.2 Å². The van der Waals surface area contributed by atoms with E-state index in [-0.39, 0.29) is 5.91 Å². The molecular formula is C13H10Cl2F3N3O3S. The zero-order chi connectivity index (χ0) is 19.4. The number of nitrogen functional groups attached to an aromatic ring is 1. The number of thiazole rings is 1. The molecule has 0 fully saturated rings. The van der Waals surface area contributed by atoms with Crippen molar-refractivity contribution in [2.24, 2.45) is 0 Å². The molecule has 0 aliphatic rings. The Kier molecular flexibility index (Phi) is 7.03. The summed E-state index contributed by atoms with van der Waals surface area (Å²) >= 11 is 12.9. The van der Waals surface area contributed by atoms with E-state index in [0.717, 1.165) is 11.3 Å². The van der Waals surface area contributed by atoms with Crippen molar-refractivity contribution in [2.45, 2.75) is 13.1 Å². The Hall–Kier alpha value is -2.04. The number of nitrogens with zero attached hydrogens (tertiary/aromatic N) is 1. The van der Waals surface area contributed by atoms with Crippen LogP contribution >= 0.6 is 34.5 Å². The number of aryl methyl sites for hydroxylation is 1. The fourth-order valence-corrected chi connectivity index (χ4v) is 2.58. The number of carbonyl (C=O) groups excluding carboxylic acids is 1. The van der Waals surface area contributed by atoms with Gasteiger partial charge in [0.25, 0.3) is 5.91 Å². The topological polar surface area (TPSA) is 105 Å². The molecule has 1 heterocycles. The molecule has 6 nitrogen and oxygen atoms in total. The summed E-state index contributed by atoms with van der Waals surface area (Å²) in [6, 6.07) is 4.85. The molecule has 0 atom stereocenters. The third kappa shape index (κ3) is 6.40. The number of aliphatic carboxylic acids is 1. The Morgan fingerprint density at radius 1 is 1.32 bits per heavy atom. The van der Waals surface area contributed by atoms with Gasteiger partial charge in [0.15, 0.2) is 5.13 Å². The lowest BCUT2D eigenvalue weighted by Gasteiger charge is -2.06. The number of anilines is 2. The normalized spacial score (nSPS) is 10.6. The van der Waals surface area contributed by atoms with Gasteiger partial charge in [0.1, 0.15) is 4.88 Å². The van der Waals surface area contributed by atoms with Crippen molar-refractivity contribution in [1.29, 1.82) is 0 Å². The third-order valence-corrected chi connectivity index (χ3v) is 3.97. The summed E-state index contributed by atoms with van der Waals surface area (Å²) in [5.74, 6) is -3.04. The molecule has 4 N–H and O–H groups in total. The number of amides is 1. The molecule has 136 valence electrons. The molecule has 25 heavy (non-hydrogen) atoms. The van der Waals surface area contributed by atoms with Crippen LogP contribution < -0.4 is 11.1 Å². The van der Waals surface area contributed by atoms with Gasteiger partial charge < -0.3 is 16.2 Å². The minimum atomic E-state index is -5.08. The fourth-order valence-electron chi connectivity index (χ4n) is 1.40. The highest BCUT2D eigenvalue weighted by Crippen LogP contribution is 2.27. The predicted octanol–water partition coefficient (Wildman–Crippen LogP) is 4.23. The van der Waals surface area contributed by atoms with E-state index in [1.807, 2.05) is 0 Å². The quantitative estimate of drug-likeness (QED) is 0.680. The van der Waals surface area contributed by atoms with E-state index in [1.165, 1.54) is 0 Å². The Bertz CT molecular complexity index is 797. The van der Waals surface area contributed by atoms with Gasteiger partial charge in [-0.3, -0.25) is 4.79 Å². The van der Waals surface area contributed by atoms with Crippen LogP contribution in [-0.2, 0) is 4.79 Å². The number of hydrogen-bond acceptors (Lipinski definition) is 5. The molecule has 0 saturated carbocycles. The maximum atomic E-state index is 12.0. The summed E-state index contributed by atoms with van der Waals surface area (Å²) in [7, 11) is 0. The van der Waals surface area contributed by atoms with Crippen LogP contribution in [0, 0.1) is 6.92 Å². The summed E-state index contributed by atoms with van der Waals surface area (Å²) in [5, 5.41) is 11.1. The van der Waals surface area contributed by atoms with Crippen molar-refractivity contribution in [2.75, 3.05) is 11.1 Å². The first-order chi connectivity index (χ1) is 11.4. The fraction of sp³-hybridized carbons (Fsp3) is 0.154. The molecular weight excluding hydrogens is 406 g/mol. The molecule has 0 radical (unpaired) electrons. The number of alkyl halides is 3. The van der Waals surface area contributed by atoms with Crippen molar-refractivity contribution >= 4 is 57.2 Å². The first-order valence-electron chi connectivity index (χ1n) is 6.21. The van der Waals surface area contributed by atoms with Crippen LogP contribution in [0.5, 0.6) is 0 Å². The Balaban J connectivity index is 0.000000381. The number of halogens is 5. The molecule has 1 amide bonds. The smallest absolute Gasteiger partial charge is 0.475 e. The average Bonchev–Trinajstić information content (AvgIpc) is 2.80. The molecule has 1 aromatic heterocycles. The van der Waals surface area contributed by atoms with Crippen LogP contribution in [0.25, 0.3) is 0 Å². The van der Waals surface area contributed by atoms with Crippen LogP contribution in [0.2, 0.25) is 10.0 Å². The zero-order valence-electron chi connectivity index (χ0n) is 12.3. The summed E-state index contributed by atoms with van der Waals surface area (Å²) < 4.78 is 31.7. The van der Waals surface area contributed by atoms with E-state index < -0.39 is 12.1 Å². The van der Waals surface area contributed by atoms with Gasteiger partial charge >= 0.3 is 12.1 Å². The van der Waals surface area contributed by atoms with Crippen molar-refractivity contribution in [3.05, 3.63) is 38.8 Å². The van der Waals surface area contributed by atoms with Gasteiger partial charge in [0.2, 0.25) is 0 Å². The molecule has 0 saturated heterocycles. The lowest BCUT2D eigenvalue weighted by atomic mass is 10.3. The Labute approximate surface area is 153 Å². The second-order valence-electron chi connectivity index (χ2n) is 4.35. The largest absolute Gasteiger partial charge is 0.490 e. The summed E-state index contributed by atoms with van der Waals surface area (Å²) in [6.45, 7) is 1.73. The number of carboxylic acid groups (broad SMARTS) is 1. The lowest BCUT2D eigenvalue weighted by Crippen LogP contribution is -2.21. The second kappa shape index (κ2) is 8.37. The number of nitrogens with two attached hydrogens (primary N) is 1. The molecule has 0 aliphatic heterocycles. The molecule has 0 aliphatic carbocycles. The summed E-state index contributed by atoms with van der Waals surface area (Å²) in [5.41, 5.74) is 6.64. The van der Waals surface area contributed by atoms with E-state index in [0.29, 0.717) is 31.4 Å². The van der Waals surface area contributed by atoms with Gasteiger partial charge in [-0.25, -0.2) is 9.78 Å². The first kappa shape index (κ1) is 21.0. The molecule has 2 rings (SSSR count). The Morgan fingerprint density at radius 2 is 1.88 bits per heavy atom. The van der Waals surface area contributed by atoms with E-state index in [1.54, 1.807) is 25.1 Å². The van der Waals surface area contributed by atoms with Gasteiger partial charge in [-0.2, -0.15) is 13.2 Å². The van der Waals surface area contributed by atoms with Crippen molar-refractivity contribution < 1.29 is 27.9 Å². The lowest BCUT2D eigenvalue weighted by molar-refractivity contribution is -0.192. The number of hydrogen-bond donors (Lipinski definition) is 3. The molecule has 2 aromatic rings. The number of benzene rings is 1. The number of carbonyl (C=O) groups is 2. The van der Waals surface area contributed by atoms with Crippen LogP contribution in [0.3, 0.4) is 0 Å². The molecule has 0 bridgehead atoms. The average molecular weight is 416 g/mol. The van der Waals surface area contributed by atoms with Crippen molar-refractivity contribution in [3.63, 3.8) is 0 Å². The zero-order valence-corrected chi connectivity index (χ0v) is 14.6. The summed E-state index contributed by atoms with van der Waals surface area (Å²) in [4.78, 5) is 25.4. The van der Waals surface area contributed by atoms with Gasteiger partial charge in [0, 0.05) is 5.02 Å². The highest BCUT2D eigenvalue weighted by atomic mass is 35.5. The summed E-state index contributed by atoms with van der Waals surface area (Å²) in [6.07, 6.45) is -5.08. The number of rotatable bonds is 2. The highest BCUT2D eigenvalue weighted by Gasteiger charge is 2.38. The maximum Gasteiger partial charge on any atom is 0.490 e. The predicted molar refractivity (Wildman–Crippen MR) is 89.4 cm³/mol. The van der Waals surface area contributed by atoms with E-state index in [4.69, 9.17) is 38.8 Å². The van der Waals surface area contributed by atoms with Gasteiger partial charge in [-0.1, -0.05) is 34.5 Å². The minimum absolute atomic E-state index is 0.286. The SMILES string of the molecule is Cc1nc(N)sc1C(=O)Nc1ccc(Cl)cc1Cl.O=C(O)C(F)(F)F. The minimum Gasteiger partial charge on any atom is -0.475 e.